The second kappa shape index (κ2) is 7.10. The highest BCUT2D eigenvalue weighted by atomic mass is 35.5. The molecule has 1 aromatic heterocycles. The summed E-state index contributed by atoms with van der Waals surface area (Å²) in [5.41, 5.74) is 1.31. The molecule has 0 fully saturated rings. The van der Waals surface area contributed by atoms with E-state index in [0.29, 0.717) is 11.6 Å². The van der Waals surface area contributed by atoms with Crippen LogP contribution in [0.4, 0.5) is 10.5 Å². The summed E-state index contributed by atoms with van der Waals surface area (Å²) in [5.74, 6) is -1.15. The van der Waals surface area contributed by atoms with E-state index in [1.165, 1.54) is 18.2 Å². The molecular weight excluding hydrogens is 312 g/mol. The Bertz CT molecular complexity index is 644. The monoisotopic (exact) mass is 324 g/mol. The molecule has 0 spiro atoms. The minimum absolute atomic E-state index is 0.0458. The molecule has 0 radical (unpaired) electrons. The first-order valence-electron chi connectivity index (χ1n) is 6.15. The number of nitrogens with one attached hydrogen (secondary N) is 2. The second-order valence-corrected chi connectivity index (χ2v) is 5.47. The van der Waals surface area contributed by atoms with Crippen LogP contribution in [-0.2, 0) is 6.42 Å². The van der Waals surface area contributed by atoms with Crippen LogP contribution in [0.2, 0.25) is 5.02 Å². The molecule has 0 bridgehead atoms. The second-order valence-electron chi connectivity index (χ2n) is 4.26. The first-order chi connectivity index (χ1) is 10.1. The van der Waals surface area contributed by atoms with Gasteiger partial charge in [-0.1, -0.05) is 11.6 Å². The average molecular weight is 325 g/mol. The zero-order chi connectivity index (χ0) is 15.2. The van der Waals surface area contributed by atoms with E-state index in [1.54, 1.807) is 11.3 Å². The Morgan fingerprint density at radius 3 is 2.76 bits per heavy atom. The Hall–Kier alpha value is -2.05. The molecule has 0 saturated carbocycles. The smallest absolute Gasteiger partial charge is 0.337 e. The van der Waals surface area contributed by atoms with Crippen LogP contribution in [-0.4, -0.2) is 23.7 Å². The number of benzene rings is 1. The summed E-state index contributed by atoms with van der Waals surface area (Å²) in [6, 6.07) is 5.82. The fraction of sp³-hybridized carbons (Fsp3) is 0.143. The number of halogens is 1. The Kier molecular flexibility index (Phi) is 5.19. The van der Waals surface area contributed by atoms with Crippen LogP contribution in [0.3, 0.4) is 0 Å². The van der Waals surface area contributed by atoms with Crippen molar-refractivity contribution in [1.29, 1.82) is 0 Å². The van der Waals surface area contributed by atoms with Crippen LogP contribution in [0.5, 0.6) is 0 Å². The topological polar surface area (TPSA) is 78.4 Å². The van der Waals surface area contributed by atoms with Gasteiger partial charge in [-0.3, -0.25) is 0 Å². The van der Waals surface area contributed by atoms with Gasteiger partial charge in [-0.05, 0) is 47.0 Å². The van der Waals surface area contributed by atoms with Crippen molar-refractivity contribution in [1.82, 2.24) is 5.32 Å². The highest BCUT2D eigenvalue weighted by Crippen LogP contribution is 2.20. The van der Waals surface area contributed by atoms with Crippen molar-refractivity contribution < 1.29 is 14.7 Å². The Labute approximate surface area is 130 Å². The summed E-state index contributed by atoms with van der Waals surface area (Å²) in [6.07, 6.45) is 0.726. The van der Waals surface area contributed by atoms with E-state index in [1.807, 2.05) is 16.8 Å². The average Bonchev–Trinajstić information content (AvgIpc) is 2.94. The fourth-order valence-electron chi connectivity index (χ4n) is 1.72. The Morgan fingerprint density at radius 1 is 1.29 bits per heavy atom. The number of carbonyl (C=O) groups excluding carboxylic acids is 1. The lowest BCUT2D eigenvalue weighted by atomic mass is 10.2. The molecule has 2 aromatic rings. The third-order valence-electron chi connectivity index (χ3n) is 2.74. The molecule has 0 atom stereocenters. The number of rotatable bonds is 5. The zero-order valence-electron chi connectivity index (χ0n) is 10.9. The largest absolute Gasteiger partial charge is 0.478 e. The summed E-state index contributed by atoms with van der Waals surface area (Å²) in [4.78, 5) is 22.9. The molecule has 21 heavy (non-hydrogen) atoms. The lowest BCUT2D eigenvalue weighted by Gasteiger charge is -2.10. The highest BCUT2D eigenvalue weighted by Gasteiger charge is 2.12. The molecule has 0 saturated heterocycles. The molecule has 3 N–H and O–H groups in total. The van der Waals surface area contributed by atoms with E-state index in [2.05, 4.69) is 10.6 Å². The summed E-state index contributed by atoms with van der Waals surface area (Å²) >= 11 is 7.35. The molecule has 5 nitrogen and oxygen atoms in total. The van der Waals surface area contributed by atoms with E-state index >= 15 is 0 Å². The number of thiophene rings is 1. The van der Waals surface area contributed by atoms with Crippen molar-refractivity contribution in [2.24, 2.45) is 0 Å². The number of carboxylic acid groups (broad SMARTS) is 1. The van der Waals surface area contributed by atoms with E-state index in [9.17, 15) is 9.59 Å². The SMILES string of the molecule is O=C(NCCc1ccsc1)Nc1ccc(Cl)cc1C(=O)O. The van der Waals surface area contributed by atoms with Gasteiger partial charge < -0.3 is 15.7 Å². The van der Waals surface area contributed by atoms with Crippen LogP contribution in [0.1, 0.15) is 15.9 Å². The van der Waals surface area contributed by atoms with Crippen molar-refractivity contribution in [3.05, 3.63) is 51.2 Å². The number of aromatic carboxylic acids is 1. The molecule has 1 aromatic carbocycles. The number of carbonyl (C=O) groups is 2. The minimum atomic E-state index is -1.15. The maximum Gasteiger partial charge on any atom is 0.337 e. The number of urea groups is 1. The number of amides is 2. The van der Waals surface area contributed by atoms with Crippen LogP contribution in [0.15, 0.2) is 35.0 Å². The van der Waals surface area contributed by atoms with Gasteiger partial charge in [-0.25, -0.2) is 9.59 Å². The van der Waals surface area contributed by atoms with Crippen molar-refractivity contribution in [2.75, 3.05) is 11.9 Å². The maximum absolute atomic E-state index is 11.8. The molecular formula is C14H13ClN2O3S. The number of hydrogen-bond donors (Lipinski definition) is 3. The quantitative estimate of drug-likeness (QED) is 0.788. The first-order valence-corrected chi connectivity index (χ1v) is 7.47. The van der Waals surface area contributed by atoms with Gasteiger partial charge in [0.15, 0.2) is 0 Å². The molecule has 1 heterocycles. The van der Waals surface area contributed by atoms with Crippen LogP contribution < -0.4 is 10.6 Å². The standard InChI is InChI=1S/C14H13ClN2O3S/c15-10-1-2-12(11(7-10)13(18)19)17-14(20)16-5-3-9-4-6-21-8-9/h1-2,4,6-8H,3,5H2,(H,18,19)(H2,16,17,20). The van der Waals surface area contributed by atoms with Gasteiger partial charge in [0, 0.05) is 11.6 Å². The van der Waals surface area contributed by atoms with Crippen molar-refractivity contribution in [3.8, 4) is 0 Å². The van der Waals surface area contributed by atoms with E-state index in [-0.39, 0.29) is 11.3 Å². The van der Waals surface area contributed by atoms with Crippen molar-refractivity contribution >= 4 is 40.6 Å². The molecule has 110 valence electrons. The normalized spacial score (nSPS) is 10.1. The van der Waals surface area contributed by atoms with E-state index < -0.39 is 12.0 Å². The summed E-state index contributed by atoms with van der Waals surface area (Å²) in [5, 5.41) is 18.6. The number of carboxylic acids is 1. The predicted molar refractivity (Wildman–Crippen MR) is 83.5 cm³/mol. The Morgan fingerprint density at radius 2 is 2.10 bits per heavy atom. The number of anilines is 1. The minimum Gasteiger partial charge on any atom is -0.478 e. The van der Waals surface area contributed by atoms with E-state index in [4.69, 9.17) is 16.7 Å². The summed E-state index contributed by atoms with van der Waals surface area (Å²) < 4.78 is 0. The van der Waals surface area contributed by atoms with Gasteiger partial charge in [-0.2, -0.15) is 11.3 Å². The molecule has 0 aliphatic heterocycles. The van der Waals surface area contributed by atoms with Crippen molar-refractivity contribution in [3.63, 3.8) is 0 Å². The fourth-order valence-corrected chi connectivity index (χ4v) is 2.60. The van der Waals surface area contributed by atoms with Crippen LogP contribution in [0, 0.1) is 0 Å². The third-order valence-corrected chi connectivity index (χ3v) is 3.71. The Balaban J connectivity index is 1.92. The molecule has 0 aliphatic rings. The van der Waals surface area contributed by atoms with Gasteiger partial charge in [0.25, 0.3) is 0 Å². The number of hydrogen-bond acceptors (Lipinski definition) is 3. The van der Waals surface area contributed by atoms with Gasteiger partial charge in [0.05, 0.1) is 11.3 Å². The van der Waals surface area contributed by atoms with Crippen LogP contribution in [0.25, 0.3) is 0 Å². The molecule has 0 unspecified atom stereocenters. The van der Waals surface area contributed by atoms with Gasteiger partial charge in [-0.15, -0.1) is 0 Å². The third kappa shape index (κ3) is 4.47. The molecule has 2 rings (SSSR count). The zero-order valence-corrected chi connectivity index (χ0v) is 12.5. The van der Waals surface area contributed by atoms with E-state index in [0.717, 1.165) is 12.0 Å². The molecule has 0 aliphatic carbocycles. The molecule has 2 amide bonds. The lowest BCUT2D eigenvalue weighted by molar-refractivity contribution is 0.0698. The van der Waals surface area contributed by atoms with Gasteiger partial charge in [0.2, 0.25) is 0 Å². The van der Waals surface area contributed by atoms with Gasteiger partial charge in [0.1, 0.15) is 0 Å². The van der Waals surface area contributed by atoms with Gasteiger partial charge >= 0.3 is 12.0 Å². The maximum atomic E-state index is 11.8. The predicted octanol–water partition coefficient (Wildman–Crippen LogP) is 3.46. The molecule has 7 heteroatoms. The summed E-state index contributed by atoms with van der Waals surface area (Å²) in [6.45, 7) is 0.471. The van der Waals surface area contributed by atoms with Crippen LogP contribution >= 0.6 is 22.9 Å². The first kappa shape index (κ1) is 15.3. The van der Waals surface area contributed by atoms with Crippen molar-refractivity contribution in [2.45, 2.75) is 6.42 Å². The lowest BCUT2D eigenvalue weighted by Crippen LogP contribution is -2.31. The highest BCUT2D eigenvalue weighted by molar-refractivity contribution is 7.07. The summed E-state index contributed by atoms with van der Waals surface area (Å²) in [7, 11) is 0.